The van der Waals surface area contributed by atoms with Crippen LogP contribution in [0.3, 0.4) is 0 Å². The van der Waals surface area contributed by atoms with E-state index < -0.39 is 10.3 Å². The molecule has 0 fully saturated rings. The number of para-hydroxylation sites is 2. The van der Waals surface area contributed by atoms with E-state index in [0.717, 1.165) is 34.6 Å². The van der Waals surface area contributed by atoms with Crippen LogP contribution in [0.5, 0.6) is 23.0 Å². The molecule has 214 valence electrons. The molecule has 0 aromatic heterocycles. The Hall–Kier alpha value is -5.88. The van der Waals surface area contributed by atoms with Crippen LogP contribution in [0.4, 0.5) is 5.69 Å². The molecule has 6 aromatic carbocycles. The van der Waals surface area contributed by atoms with Gasteiger partial charge in [0.25, 0.3) is 0 Å². The van der Waals surface area contributed by atoms with E-state index in [0.29, 0.717) is 5.75 Å². The number of nitrogens with zero attached hydrogens (tertiary/aromatic N) is 1. The van der Waals surface area contributed by atoms with Crippen LogP contribution in [0, 0.1) is 10.1 Å². The number of hydrogen-bond donors (Lipinski definition) is 1. The van der Waals surface area contributed by atoms with Crippen molar-refractivity contribution in [2.24, 2.45) is 0 Å². The van der Waals surface area contributed by atoms with Gasteiger partial charge >= 0.3 is 5.69 Å². The fraction of sp³-hybridized carbons (Fsp3) is 0.0526. The van der Waals surface area contributed by atoms with Crippen molar-refractivity contribution < 1.29 is 19.5 Å². The van der Waals surface area contributed by atoms with E-state index in [4.69, 9.17) is 9.47 Å². The molecule has 0 saturated heterocycles. The number of nitro groups is 1. The first-order chi connectivity index (χ1) is 21.5. The van der Waals surface area contributed by atoms with Crippen LogP contribution in [-0.2, 0) is 12.0 Å². The zero-order chi connectivity index (χ0) is 30.1. The minimum Gasteiger partial charge on any atom is -0.508 e. The number of ether oxygens (including phenoxy) is 2. The highest BCUT2D eigenvalue weighted by atomic mass is 16.6. The number of fused-ring (bicyclic) bond motifs is 5. The normalized spacial score (nSPS) is 13.1. The van der Waals surface area contributed by atoms with E-state index >= 15 is 0 Å². The van der Waals surface area contributed by atoms with Crippen LogP contribution in [0.25, 0.3) is 11.1 Å². The topological polar surface area (TPSA) is 81.8 Å². The number of benzene rings is 6. The molecule has 8 rings (SSSR count). The molecule has 1 aliphatic heterocycles. The van der Waals surface area contributed by atoms with E-state index in [1.54, 1.807) is 30.3 Å². The SMILES string of the molecule is O=[N+]([O-])c1ccccc1Oc1ccc(C2(c3ccc(O)cc3)c3ccccc3-c3ccccc32)cc1.c1cc2cc(c1)OC2. The summed E-state index contributed by atoms with van der Waals surface area (Å²) in [5, 5.41) is 21.4. The van der Waals surface area contributed by atoms with Gasteiger partial charge in [-0.25, -0.2) is 0 Å². The molecule has 44 heavy (non-hydrogen) atoms. The predicted molar refractivity (Wildman–Crippen MR) is 169 cm³/mol. The molecule has 1 N–H and O–H groups in total. The number of rotatable bonds is 5. The summed E-state index contributed by atoms with van der Waals surface area (Å²) in [4.78, 5) is 11.0. The van der Waals surface area contributed by atoms with Gasteiger partial charge in [0, 0.05) is 6.07 Å². The average molecular weight is 578 g/mol. The van der Waals surface area contributed by atoms with Crippen LogP contribution in [0.15, 0.2) is 146 Å². The Kier molecular flexibility index (Phi) is 6.79. The fourth-order valence-electron chi connectivity index (χ4n) is 6.22. The first kappa shape index (κ1) is 27.0. The summed E-state index contributed by atoms with van der Waals surface area (Å²) in [6.45, 7) is 0.766. The summed E-state index contributed by atoms with van der Waals surface area (Å²) in [6.07, 6.45) is 0. The van der Waals surface area contributed by atoms with Crippen LogP contribution in [0.2, 0.25) is 0 Å². The van der Waals surface area contributed by atoms with Crippen molar-refractivity contribution in [3.8, 4) is 34.1 Å². The van der Waals surface area contributed by atoms with Gasteiger partial charge in [-0.3, -0.25) is 10.1 Å². The lowest BCUT2D eigenvalue weighted by atomic mass is 9.68. The van der Waals surface area contributed by atoms with Crippen molar-refractivity contribution in [1.82, 2.24) is 0 Å². The smallest absolute Gasteiger partial charge is 0.311 e. The molecule has 0 unspecified atom stereocenters. The lowest BCUT2D eigenvalue weighted by Gasteiger charge is -2.34. The van der Waals surface area contributed by atoms with Gasteiger partial charge < -0.3 is 14.6 Å². The van der Waals surface area contributed by atoms with Gasteiger partial charge in [-0.15, -0.1) is 0 Å². The summed E-state index contributed by atoms with van der Waals surface area (Å²) >= 11 is 0. The van der Waals surface area contributed by atoms with Gasteiger partial charge in [0.1, 0.15) is 23.9 Å². The van der Waals surface area contributed by atoms with Gasteiger partial charge in [-0.2, -0.15) is 0 Å². The van der Waals surface area contributed by atoms with Crippen LogP contribution < -0.4 is 9.47 Å². The summed E-state index contributed by atoms with van der Waals surface area (Å²) in [5.41, 5.74) is 7.31. The van der Waals surface area contributed by atoms with Gasteiger partial charge in [-0.1, -0.05) is 97.1 Å². The fourth-order valence-corrected chi connectivity index (χ4v) is 6.22. The van der Waals surface area contributed by atoms with Crippen LogP contribution >= 0.6 is 0 Å². The number of phenols is 1. The summed E-state index contributed by atoms with van der Waals surface area (Å²) in [6, 6.07) is 46.3. The maximum absolute atomic E-state index is 11.4. The quantitative estimate of drug-likeness (QED) is 0.163. The molecule has 6 nitrogen and oxygen atoms in total. The molecule has 2 bridgehead atoms. The molecule has 6 heteroatoms. The Bertz CT molecular complexity index is 1920. The van der Waals surface area contributed by atoms with Crippen molar-refractivity contribution in [2.45, 2.75) is 12.0 Å². The summed E-state index contributed by atoms with van der Waals surface area (Å²) < 4.78 is 11.1. The monoisotopic (exact) mass is 577 g/mol. The van der Waals surface area contributed by atoms with Gasteiger partial charge in [0.2, 0.25) is 5.75 Å². The highest BCUT2D eigenvalue weighted by Crippen LogP contribution is 2.56. The van der Waals surface area contributed by atoms with E-state index in [2.05, 4.69) is 36.4 Å². The second-order valence-corrected chi connectivity index (χ2v) is 10.7. The third-order valence-electron chi connectivity index (χ3n) is 8.13. The Morgan fingerprint density at radius 1 is 0.682 bits per heavy atom. The maximum atomic E-state index is 11.4. The molecule has 0 spiro atoms. The van der Waals surface area contributed by atoms with Crippen LogP contribution in [0.1, 0.15) is 27.8 Å². The Morgan fingerprint density at radius 3 is 1.89 bits per heavy atom. The van der Waals surface area contributed by atoms with E-state index in [1.165, 1.54) is 22.8 Å². The van der Waals surface area contributed by atoms with Crippen molar-refractivity contribution in [3.63, 3.8) is 0 Å². The Morgan fingerprint density at radius 2 is 1.27 bits per heavy atom. The third-order valence-corrected chi connectivity index (χ3v) is 8.13. The second-order valence-electron chi connectivity index (χ2n) is 10.7. The van der Waals surface area contributed by atoms with Crippen LogP contribution in [-0.4, -0.2) is 10.0 Å². The molecule has 2 aliphatic rings. The van der Waals surface area contributed by atoms with Gasteiger partial charge in [0.05, 0.1) is 10.3 Å². The van der Waals surface area contributed by atoms with Crippen molar-refractivity contribution in [3.05, 3.63) is 184 Å². The maximum Gasteiger partial charge on any atom is 0.311 e. The number of hydrogen-bond acceptors (Lipinski definition) is 5. The molecular formula is C38H27NO5. The molecule has 1 heterocycles. The van der Waals surface area contributed by atoms with Gasteiger partial charge in [-0.05, 0) is 81.4 Å². The molecule has 0 saturated carbocycles. The van der Waals surface area contributed by atoms with Crippen molar-refractivity contribution in [2.75, 3.05) is 0 Å². The lowest BCUT2D eigenvalue weighted by molar-refractivity contribution is -0.385. The largest absolute Gasteiger partial charge is 0.508 e. The average Bonchev–Trinajstić information content (AvgIpc) is 3.55. The second kappa shape index (κ2) is 11.1. The lowest BCUT2D eigenvalue weighted by Crippen LogP contribution is -2.28. The summed E-state index contributed by atoms with van der Waals surface area (Å²) in [5.74, 6) is 1.91. The number of nitro benzene ring substituents is 1. The van der Waals surface area contributed by atoms with E-state index in [-0.39, 0.29) is 17.2 Å². The van der Waals surface area contributed by atoms with Gasteiger partial charge in [0.15, 0.2) is 0 Å². The first-order valence-corrected chi connectivity index (χ1v) is 14.3. The van der Waals surface area contributed by atoms with Crippen molar-refractivity contribution in [1.29, 1.82) is 0 Å². The first-order valence-electron chi connectivity index (χ1n) is 14.3. The Labute approximate surface area is 254 Å². The summed E-state index contributed by atoms with van der Waals surface area (Å²) in [7, 11) is 0. The molecule has 0 atom stereocenters. The molecular weight excluding hydrogens is 550 g/mol. The Balaban J connectivity index is 0.000000336. The highest BCUT2D eigenvalue weighted by molar-refractivity contribution is 5.86. The molecule has 6 aromatic rings. The predicted octanol–water partition coefficient (Wildman–Crippen LogP) is 9.03. The highest BCUT2D eigenvalue weighted by Gasteiger charge is 2.45. The van der Waals surface area contributed by atoms with Crippen molar-refractivity contribution >= 4 is 5.69 Å². The minimum atomic E-state index is -0.599. The zero-order valence-electron chi connectivity index (χ0n) is 23.6. The molecule has 1 aliphatic carbocycles. The zero-order valence-corrected chi connectivity index (χ0v) is 23.6. The third kappa shape index (κ3) is 4.63. The minimum absolute atomic E-state index is 0.0826. The number of phenolic OH excluding ortho intramolecular Hbond substituents is 1. The van der Waals surface area contributed by atoms with E-state index in [1.807, 2.05) is 72.8 Å². The standard InChI is InChI=1S/C31H21NO4.C7H6O/c33-23-17-13-21(14-18-23)31(27-9-3-1-7-25(27)26-8-2-4-10-28(26)31)22-15-19-24(20-16-22)36-30-12-6-5-11-29(30)32(34)35;1-2-6-4-7(3-1)8-5-6/h1-20,33H;1-4H,5H2. The van der Waals surface area contributed by atoms with E-state index in [9.17, 15) is 15.2 Å². The number of aromatic hydroxyl groups is 1. The molecule has 0 radical (unpaired) electrons. The molecule has 0 amide bonds.